The van der Waals surface area contributed by atoms with Crippen molar-refractivity contribution in [2.24, 2.45) is 0 Å². The summed E-state index contributed by atoms with van der Waals surface area (Å²) in [7, 11) is 1.67. The number of nitrogens with one attached hydrogen (secondary N) is 1. The van der Waals surface area contributed by atoms with Gasteiger partial charge in [0, 0.05) is 6.61 Å². The molecule has 0 spiro atoms. The van der Waals surface area contributed by atoms with Crippen molar-refractivity contribution in [1.29, 1.82) is 0 Å². The summed E-state index contributed by atoms with van der Waals surface area (Å²) in [4.78, 5) is 11.2. The molecule has 0 heterocycles. The summed E-state index contributed by atoms with van der Waals surface area (Å²) in [5.41, 5.74) is 1.70. The van der Waals surface area contributed by atoms with Crippen LogP contribution in [0.3, 0.4) is 0 Å². The Labute approximate surface area is 120 Å². The van der Waals surface area contributed by atoms with Gasteiger partial charge in [0.1, 0.15) is 5.54 Å². The van der Waals surface area contributed by atoms with Gasteiger partial charge in [0.25, 0.3) is 0 Å². The number of fused-ring (bicyclic) bond motifs is 1. The number of rotatable bonds is 6. The van der Waals surface area contributed by atoms with Gasteiger partial charge < -0.3 is 15.2 Å². The summed E-state index contributed by atoms with van der Waals surface area (Å²) in [6.07, 6.45) is 3.82. The maximum absolute atomic E-state index is 11.2. The SMILES string of the molecule is CNC(C)(CCOC1CCCc2ccccc21)C(=O)O. The molecule has 4 nitrogen and oxygen atoms in total. The Morgan fingerprint density at radius 1 is 1.50 bits per heavy atom. The van der Waals surface area contributed by atoms with Crippen LogP contribution in [0.5, 0.6) is 0 Å². The van der Waals surface area contributed by atoms with Crippen molar-refractivity contribution in [2.75, 3.05) is 13.7 Å². The lowest BCUT2D eigenvalue weighted by molar-refractivity contribution is -0.145. The molecule has 0 fully saturated rings. The first-order valence-corrected chi connectivity index (χ1v) is 7.18. The summed E-state index contributed by atoms with van der Waals surface area (Å²) in [6, 6.07) is 8.37. The fourth-order valence-corrected chi connectivity index (χ4v) is 2.63. The molecule has 1 aliphatic rings. The van der Waals surface area contributed by atoms with Crippen LogP contribution < -0.4 is 5.32 Å². The Bertz CT molecular complexity index is 475. The number of hydrogen-bond acceptors (Lipinski definition) is 3. The number of likely N-dealkylation sites (N-methyl/N-ethyl adjacent to an activating group) is 1. The standard InChI is InChI=1S/C16H23NO3/c1-16(17-2,15(18)19)10-11-20-14-9-5-7-12-6-3-4-8-13(12)14/h3-4,6,8,14,17H,5,7,9-11H2,1-2H3,(H,18,19). The second-order valence-corrected chi connectivity index (χ2v) is 5.59. The van der Waals surface area contributed by atoms with Crippen LogP contribution in [0.2, 0.25) is 0 Å². The maximum atomic E-state index is 11.2. The van der Waals surface area contributed by atoms with E-state index in [1.165, 1.54) is 11.1 Å². The number of carboxylic acids is 1. The van der Waals surface area contributed by atoms with Crippen molar-refractivity contribution in [1.82, 2.24) is 5.32 Å². The number of ether oxygens (including phenoxy) is 1. The van der Waals surface area contributed by atoms with E-state index in [-0.39, 0.29) is 6.10 Å². The van der Waals surface area contributed by atoms with Gasteiger partial charge in [0.2, 0.25) is 0 Å². The predicted molar refractivity (Wildman–Crippen MR) is 77.8 cm³/mol. The van der Waals surface area contributed by atoms with Crippen LogP contribution in [0.15, 0.2) is 24.3 Å². The van der Waals surface area contributed by atoms with Gasteiger partial charge in [-0.15, -0.1) is 0 Å². The first-order valence-electron chi connectivity index (χ1n) is 7.18. The second-order valence-electron chi connectivity index (χ2n) is 5.59. The minimum Gasteiger partial charge on any atom is -0.480 e. The molecule has 110 valence electrons. The first-order chi connectivity index (χ1) is 9.57. The summed E-state index contributed by atoms with van der Waals surface area (Å²) in [5.74, 6) is -0.840. The molecule has 0 aliphatic heterocycles. The van der Waals surface area contributed by atoms with Crippen LogP contribution in [0, 0.1) is 0 Å². The Kier molecular flexibility index (Phi) is 4.78. The lowest BCUT2D eigenvalue weighted by Crippen LogP contribution is -2.48. The molecule has 0 bridgehead atoms. The van der Waals surface area contributed by atoms with Crippen molar-refractivity contribution in [2.45, 2.75) is 44.2 Å². The highest BCUT2D eigenvalue weighted by molar-refractivity contribution is 5.78. The van der Waals surface area contributed by atoms with Crippen molar-refractivity contribution in [3.63, 3.8) is 0 Å². The molecule has 1 aromatic carbocycles. The lowest BCUT2D eigenvalue weighted by atomic mass is 9.89. The summed E-state index contributed by atoms with van der Waals surface area (Å²) < 4.78 is 5.95. The van der Waals surface area contributed by atoms with E-state index in [2.05, 4.69) is 23.5 Å². The molecule has 20 heavy (non-hydrogen) atoms. The molecular formula is C16H23NO3. The van der Waals surface area contributed by atoms with E-state index in [0.29, 0.717) is 13.0 Å². The van der Waals surface area contributed by atoms with Crippen LogP contribution in [0.1, 0.15) is 43.4 Å². The number of aryl methyl sites for hydroxylation is 1. The summed E-state index contributed by atoms with van der Waals surface area (Å²) >= 11 is 0. The van der Waals surface area contributed by atoms with Crippen molar-refractivity contribution in [3.05, 3.63) is 35.4 Å². The second kappa shape index (κ2) is 6.37. The van der Waals surface area contributed by atoms with E-state index < -0.39 is 11.5 Å². The van der Waals surface area contributed by atoms with E-state index in [0.717, 1.165) is 19.3 Å². The fourth-order valence-electron chi connectivity index (χ4n) is 2.63. The number of aliphatic carboxylic acids is 1. The van der Waals surface area contributed by atoms with E-state index in [9.17, 15) is 9.90 Å². The van der Waals surface area contributed by atoms with Gasteiger partial charge in [0.15, 0.2) is 0 Å². The fraction of sp³-hybridized carbons (Fsp3) is 0.562. The van der Waals surface area contributed by atoms with Crippen LogP contribution >= 0.6 is 0 Å². The topological polar surface area (TPSA) is 58.6 Å². The van der Waals surface area contributed by atoms with Crippen LogP contribution in [0.25, 0.3) is 0 Å². The minimum atomic E-state index is -0.922. The zero-order valence-corrected chi connectivity index (χ0v) is 12.2. The summed E-state index contributed by atoms with van der Waals surface area (Å²) in [5, 5.41) is 12.1. The largest absolute Gasteiger partial charge is 0.480 e. The Hall–Kier alpha value is -1.39. The lowest BCUT2D eigenvalue weighted by Gasteiger charge is -2.28. The minimum absolute atomic E-state index is 0.106. The highest BCUT2D eigenvalue weighted by Crippen LogP contribution is 2.32. The van der Waals surface area contributed by atoms with Crippen LogP contribution in [0.4, 0.5) is 0 Å². The quantitative estimate of drug-likeness (QED) is 0.839. The van der Waals surface area contributed by atoms with Gasteiger partial charge >= 0.3 is 5.97 Å². The molecule has 0 aromatic heterocycles. The van der Waals surface area contributed by atoms with Crippen molar-refractivity contribution < 1.29 is 14.6 Å². The highest BCUT2D eigenvalue weighted by Gasteiger charge is 2.31. The number of benzene rings is 1. The molecule has 0 radical (unpaired) electrons. The van der Waals surface area contributed by atoms with Gasteiger partial charge in [-0.05, 0) is 50.8 Å². The zero-order valence-electron chi connectivity index (χ0n) is 12.2. The molecule has 1 aliphatic carbocycles. The molecule has 2 unspecified atom stereocenters. The number of carbonyl (C=O) groups is 1. The van der Waals surface area contributed by atoms with Gasteiger partial charge in [-0.2, -0.15) is 0 Å². The smallest absolute Gasteiger partial charge is 0.323 e. The highest BCUT2D eigenvalue weighted by atomic mass is 16.5. The molecule has 0 saturated heterocycles. The Balaban J connectivity index is 1.94. The van der Waals surface area contributed by atoms with Crippen LogP contribution in [-0.4, -0.2) is 30.3 Å². The zero-order chi connectivity index (χ0) is 14.6. The molecule has 4 heteroatoms. The molecule has 2 rings (SSSR count). The summed E-state index contributed by atoms with van der Waals surface area (Å²) in [6.45, 7) is 2.14. The number of carboxylic acid groups (broad SMARTS) is 1. The first kappa shape index (κ1) is 15.0. The molecule has 0 saturated carbocycles. The maximum Gasteiger partial charge on any atom is 0.323 e. The van der Waals surface area contributed by atoms with E-state index in [4.69, 9.17) is 4.74 Å². The average molecular weight is 277 g/mol. The molecule has 2 N–H and O–H groups in total. The van der Waals surface area contributed by atoms with Gasteiger partial charge in [-0.3, -0.25) is 4.79 Å². The molecular weight excluding hydrogens is 254 g/mol. The Morgan fingerprint density at radius 3 is 2.95 bits per heavy atom. The van der Waals surface area contributed by atoms with E-state index in [1.54, 1.807) is 14.0 Å². The van der Waals surface area contributed by atoms with Gasteiger partial charge in [-0.1, -0.05) is 24.3 Å². The monoisotopic (exact) mass is 277 g/mol. The van der Waals surface area contributed by atoms with Gasteiger partial charge in [0.05, 0.1) is 6.10 Å². The average Bonchev–Trinajstić information content (AvgIpc) is 2.47. The van der Waals surface area contributed by atoms with Gasteiger partial charge in [-0.25, -0.2) is 0 Å². The van der Waals surface area contributed by atoms with E-state index >= 15 is 0 Å². The molecule has 1 aromatic rings. The molecule has 0 amide bonds. The van der Waals surface area contributed by atoms with Crippen molar-refractivity contribution in [3.8, 4) is 0 Å². The normalized spacial score (nSPS) is 21.0. The van der Waals surface area contributed by atoms with E-state index in [1.807, 2.05) is 6.07 Å². The number of hydrogen-bond donors (Lipinski definition) is 2. The van der Waals surface area contributed by atoms with Crippen molar-refractivity contribution >= 4 is 5.97 Å². The third kappa shape index (κ3) is 3.19. The predicted octanol–water partition coefficient (Wildman–Crippen LogP) is 2.53. The Morgan fingerprint density at radius 2 is 2.25 bits per heavy atom. The third-order valence-electron chi connectivity index (χ3n) is 4.26. The van der Waals surface area contributed by atoms with Crippen LogP contribution in [-0.2, 0) is 16.0 Å². The molecule has 2 atom stereocenters. The third-order valence-corrected chi connectivity index (χ3v) is 4.26.